The van der Waals surface area contributed by atoms with Crippen LogP contribution in [0.4, 0.5) is 0 Å². The number of aliphatic hydroxyl groups excluding tert-OH is 2. The van der Waals surface area contributed by atoms with Crippen LogP contribution >= 0.6 is 0 Å². The van der Waals surface area contributed by atoms with Gasteiger partial charge in [-0.2, -0.15) is 0 Å². The molecule has 0 radical (unpaired) electrons. The van der Waals surface area contributed by atoms with E-state index in [1.54, 1.807) is 0 Å². The van der Waals surface area contributed by atoms with Crippen molar-refractivity contribution in [2.24, 2.45) is 23.7 Å². The summed E-state index contributed by atoms with van der Waals surface area (Å²) in [5, 5.41) is 18.0. The molecule has 1 fully saturated rings. The zero-order chi connectivity index (χ0) is 21.8. The molecular formula is C23H38O6. The van der Waals surface area contributed by atoms with Gasteiger partial charge in [-0.1, -0.05) is 59.1 Å². The predicted molar refractivity (Wildman–Crippen MR) is 112 cm³/mol. The van der Waals surface area contributed by atoms with Gasteiger partial charge in [0.25, 0.3) is 0 Å². The standard InChI is InChI=1S/C23H38O6/c1-16(2)6-5-7-19-8-10-20(11-9-19)21(14-28-22(26)17(3)12-24)15-29-23(27)18(4)13-25/h16,19-21,24-25H,3-15H2,1-2H3. The van der Waals surface area contributed by atoms with Crippen LogP contribution in [0.5, 0.6) is 0 Å². The highest BCUT2D eigenvalue weighted by Crippen LogP contribution is 2.36. The molecule has 0 heterocycles. The van der Waals surface area contributed by atoms with E-state index in [0.29, 0.717) is 5.92 Å². The van der Waals surface area contributed by atoms with E-state index in [1.165, 1.54) is 19.3 Å². The van der Waals surface area contributed by atoms with E-state index in [4.69, 9.17) is 19.7 Å². The summed E-state index contributed by atoms with van der Waals surface area (Å²) in [6, 6.07) is 0. The molecular weight excluding hydrogens is 372 g/mol. The normalized spacial score (nSPS) is 19.2. The summed E-state index contributed by atoms with van der Waals surface area (Å²) in [6.45, 7) is 10.8. The van der Waals surface area contributed by atoms with Gasteiger partial charge in [-0.05, 0) is 30.6 Å². The van der Waals surface area contributed by atoms with E-state index < -0.39 is 25.2 Å². The smallest absolute Gasteiger partial charge is 0.335 e. The van der Waals surface area contributed by atoms with Crippen molar-refractivity contribution in [1.29, 1.82) is 0 Å². The minimum Gasteiger partial charge on any atom is -0.462 e. The molecule has 6 heteroatoms. The second-order valence-corrected chi connectivity index (χ2v) is 8.59. The van der Waals surface area contributed by atoms with Crippen molar-refractivity contribution in [2.45, 2.75) is 58.8 Å². The van der Waals surface area contributed by atoms with Crippen LogP contribution in [0.3, 0.4) is 0 Å². The number of esters is 2. The second-order valence-electron chi connectivity index (χ2n) is 8.59. The van der Waals surface area contributed by atoms with Gasteiger partial charge in [-0.3, -0.25) is 0 Å². The lowest BCUT2D eigenvalue weighted by molar-refractivity contribution is -0.146. The van der Waals surface area contributed by atoms with E-state index >= 15 is 0 Å². The Morgan fingerprint density at radius 3 is 1.83 bits per heavy atom. The molecule has 0 atom stereocenters. The molecule has 0 spiro atoms. The molecule has 0 aromatic carbocycles. The van der Waals surface area contributed by atoms with Gasteiger partial charge in [-0.25, -0.2) is 9.59 Å². The van der Waals surface area contributed by atoms with Crippen LogP contribution in [0.1, 0.15) is 58.8 Å². The highest BCUT2D eigenvalue weighted by molar-refractivity contribution is 5.88. The minimum absolute atomic E-state index is 0.00302. The molecule has 29 heavy (non-hydrogen) atoms. The summed E-state index contributed by atoms with van der Waals surface area (Å²) in [7, 11) is 0. The molecule has 0 aliphatic heterocycles. The summed E-state index contributed by atoms with van der Waals surface area (Å²) in [6.07, 6.45) is 8.06. The zero-order valence-corrected chi connectivity index (χ0v) is 18.0. The van der Waals surface area contributed by atoms with Crippen molar-refractivity contribution in [3.8, 4) is 0 Å². The molecule has 0 unspecified atom stereocenters. The van der Waals surface area contributed by atoms with Crippen LogP contribution in [0.25, 0.3) is 0 Å². The SMILES string of the molecule is C=C(CO)C(=O)OCC(COC(=O)C(=C)CO)C1CCC(CCCC(C)C)CC1. The second kappa shape index (κ2) is 13.5. The third-order valence-electron chi connectivity index (χ3n) is 5.77. The molecule has 166 valence electrons. The first-order valence-electron chi connectivity index (χ1n) is 10.7. The molecule has 6 nitrogen and oxygen atoms in total. The average molecular weight is 411 g/mol. The molecule has 0 amide bonds. The van der Waals surface area contributed by atoms with Crippen molar-refractivity contribution < 1.29 is 29.3 Å². The van der Waals surface area contributed by atoms with Gasteiger partial charge in [-0.15, -0.1) is 0 Å². The summed E-state index contributed by atoms with van der Waals surface area (Å²) in [5.41, 5.74) is 0.00604. The number of ether oxygens (including phenoxy) is 2. The lowest BCUT2D eigenvalue weighted by atomic mass is 9.74. The van der Waals surface area contributed by atoms with Crippen LogP contribution in [0, 0.1) is 23.7 Å². The zero-order valence-electron chi connectivity index (χ0n) is 18.0. The summed E-state index contributed by atoms with van der Waals surface area (Å²) in [4.78, 5) is 23.7. The first-order chi connectivity index (χ1) is 13.8. The Kier molecular flexibility index (Phi) is 11.9. The third kappa shape index (κ3) is 9.59. The highest BCUT2D eigenvalue weighted by atomic mass is 16.5. The van der Waals surface area contributed by atoms with Gasteiger partial charge in [0.2, 0.25) is 0 Å². The van der Waals surface area contributed by atoms with Crippen LogP contribution in [-0.4, -0.2) is 48.6 Å². The predicted octanol–water partition coefficient (Wildman–Crippen LogP) is 3.42. The minimum atomic E-state index is -0.633. The van der Waals surface area contributed by atoms with Crippen molar-refractivity contribution in [1.82, 2.24) is 0 Å². The number of carbonyl (C=O) groups excluding carboxylic acids is 2. The van der Waals surface area contributed by atoms with Gasteiger partial charge < -0.3 is 19.7 Å². The lowest BCUT2D eigenvalue weighted by Gasteiger charge is -2.33. The molecule has 2 N–H and O–H groups in total. The quantitative estimate of drug-likeness (QED) is 0.357. The Morgan fingerprint density at radius 2 is 1.41 bits per heavy atom. The molecule has 0 bridgehead atoms. The molecule has 1 aliphatic rings. The number of carbonyl (C=O) groups is 2. The Labute approximate surface area is 175 Å². The van der Waals surface area contributed by atoms with Crippen molar-refractivity contribution >= 4 is 11.9 Å². The molecule has 0 aromatic heterocycles. The van der Waals surface area contributed by atoms with Crippen molar-refractivity contribution in [3.05, 3.63) is 24.3 Å². The van der Waals surface area contributed by atoms with E-state index in [2.05, 4.69) is 27.0 Å². The Balaban J connectivity index is 2.58. The lowest BCUT2D eigenvalue weighted by Crippen LogP contribution is -2.31. The summed E-state index contributed by atoms with van der Waals surface area (Å²) in [5.74, 6) is 0.373. The number of aliphatic hydroxyl groups is 2. The fraction of sp³-hybridized carbons (Fsp3) is 0.739. The van der Waals surface area contributed by atoms with Gasteiger partial charge in [0.1, 0.15) is 0 Å². The van der Waals surface area contributed by atoms with E-state index in [-0.39, 0.29) is 30.3 Å². The highest BCUT2D eigenvalue weighted by Gasteiger charge is 2.30. The maximum atomic E-state index is 11.8. The largest absolute Gasteiger partial charge is 0.462 e. The molecule has 0 aromatic rings. The van der Waals surface area contributed by atoms with E-state index in [0.717, 1.165) is 37.5 Å². The maximum absolute atomic E-state index is 11.8. The number of hydrogen-bond donors (Lipinski definition) is 2. The van der Waals surface area contributed by atoms with E-state index in [1.807, 2.05) is 0 Å². The van der Waals surface area contributed by atoms with Gasteiger partial charge >= 0.3 is 11.9 Å². The Morgan fingerprint density at radius 1 is 0.931 bits per heavy atom. The average Bonchev–Trinajstić information content (AvgIpc) is 2.72. The monoisotopic (exact) mass is 410 g/mol. The fourth-order valence-corrected chi connectivity index (χ4v) is 3.78. The maximum Gasteiger partial charge on any atom is 0.335 e. The topological polar surface area (TPSA) is 93.1 Å². The van der Waals surface area contributed by atoms with Gasteiger partial charge in [0, 0.05) is 5.92 Å². The summed E-state index contributed by atoms with van der Waals surface area (Å²) >= 11 is 0. The number of rotatable bonds is 13. The van der Waals surface area contributed by atoms with Crippen molar-refractivity contribution in [3.63, 3.8) is 0 Å². The van der Waals surface area contributed by atoms with Gasteiger partial charge in [0.05, 0.1) is 37.6 Å². The molecule has 0 saturated heterocycles. The van der Waals surface area contributed by atoms with Crippen molar-refractivity contribution in [2.75, 3.05) is 26.4 Å². The van der Waals surface area contributed by atoms with Gasteiger partial charge in [0.15, 0.2) is 0 Å². The molecule has 1 saturated carbocycles. The van der Waals surface area contributed by atoms with E-state index in [9.17, 15) is 9.59 Å². The first kappa shape index (κ1) is 25.4. The molecule has 1 rings (SSSR count). The number of hydrogen-bond acceptors (Lipinski definition) is 6. The first-order valence-corrected chi connectivity index (χ1v) is 10.7. The van der Waals surface area contributed by atoms with Crippen LogP contribution < -0.4 is 0 Å². The molecule has 1 aliphatic carbocycles. The third-order valence-corrected chi connectivity index (χ3v) is 5.77. The fourth-order valence-electron chi connectivity index (χ4n) is 3.78. The van der Waals surface area contributed by atoms with Crippen LogP contribution in [-0.2, 0) is 19.1 Å². The Bertz CT molecular complexity index is 514. The summed E-state index contributed by atoms with van der Waals surface area (Å²) < 4.78 is 10.6. The Hall–Kier alpha value is -1.66. The van der Waals surface area contributed by atoms with Crippen LogP contribution in [0.2, 0.25) is 0 Å². The van der Waals surface area contributed by atoms with Crippen LogP contribution in [0.15, 0.2) is 24.3 Å².